The Bertz CT molecular complexity index is 1250. The largest absolute Gasteiger partial charge is 0.508 e. The molecule has 0 aliphatic carbocycles. The molecular formula is C30H33FO5. The summed E-state index contributed by atoms with van der Waals surface area (Å²) < 4.78 is 38.4. The average molecular weight is 493 g/mol. The summed E-state index contributed by atoms with van der Waals surface area (Å²) in [5, 5.41) is 9.74. The molecule has 0 amide bonds. The van der Waals surface area contributed by atoms with E-state index in [1.54, 1.807) is 50.6 Å². The first-order valence-electron chi connectivity index (χ1n) is 11.7. The molecule has 0 unspecified atom stereocenters. The maximum absolute atomic E-state index is 15.1. The van der Waals surface area contributed by atoms with Gasteiger partial charge in [0.2, 0.25) is 0 Å². The smallest absolute Gasteiger partial charge is 0.173 e. The summed E-state index contributed by atoms with van der Waals surface area (Å²) in [4.78, 5) is 0. The molecule has 0 saturated carbocycles. The van der Waals surface area contributed by atoms with Crippen molar-refractivity contribution in [1.29, 1.82) is 0 Å². The molecule has 0 spiro atoms. The van der Waals surface area contributed by atoms with E-state index in [-0.39, 0.29) is 18.1 Å². The SMILES string of the molecule is COc1cc(-c2ccc(O)cc2)c(OC)c(OCC=C(C)C)c1-c1ccc(OCC=C(C)C)c(F)c1. The lowest BCUT2D eigenvalue weighted by molar-refractivity contribution is 0.324. The summed E-state index contributed by atoms with van der Waals surface area (Å²) in [5.41, 5.74) is 4.83. The van der Waals surface area contributed by atoms with Gasteiger partial charge in [0.25, 0.3) is 0 Å². The van der Waals surface area contributed by atoms with Crippen LogP contribution in [0.15, 0.2) is 71.8 Å². The van der Waals surface area contributed by atoms with Crippen LogP contribution >= 0.6 is 0 Å². The molecule has 0 atom stereocenters. The van der Waals surface area contributed by atoms with Gasteiger partial charge in [-0.2, -0.15) is 0 Å². The molecule has 6 heteroatoms. The molecule has 1 N–H and O–H groups in total. The van der Waals surface area contributed by atoms with Gasteiger partial charge in [0, 0.05) is 5.56 Å². The molecule has 0 saturated heterocycles. The zero-order chi connectivity index (χ0) is 26.2. The van der Waals surface area contributed by atoms with Crippen LogP contribution in [0.4, 0.5) is 4.39 Å². The number of hydrogen-bond donors (Lipinski definition) is 1. The molecule has 36 heavy (non-hydrogen) atoms. The van der Waals surface area contributed by atoms with Gasteiger partial charge in [0.05, 0.1) is 19.8 Å². The summed E-state index contributed by atoms with van der Waals surface area (Å²) >= 11 is 0. The van der Waals surface area contributed by atoms with Crippen LogP contribution in [0.1, 0.15) is 27.7 Å². The van der Waals surface area contributed by atoms with E-state index in [4.69, 9.17) is 18.9 Å². The van der Waals surface area contributed by atoms with E-state index < -0.39 is 5.82 Å². The molecule has 5 nitrogen and oxygen atoms in total. The number of benzene rings is 3. The molecule has 0 radical (unpaired) electrons. The van der Waals surface area contributed by atoms with E-state index >= 15 is 4.39 Å². The Balaban J connectivity index is 2.19. The lowest BCUT2D eigenvalue weighted by atomic mass is 9.96. The lowest BCUT2D eigenvalue weighted by Crippen LogP contribution is -2.03. The topological polar surface area (TPSA) is 57.2 Å². The van der Waals surface area contributed by atoms with Crippen molar-refractivity contribution in [1.82, 2.24) is 0 Å². The zero-order valence-corrected chi connectivity index (χ0v) is 21.6. The zero-order valence-electron chi connectivity index (χ0n) is 21.6. The van der Waals surface area contributed by atoms with Crippen LogP contribution in [0.3, 0.4) is 0 Å². The van der Waals surface area contributed by atoms with Gasteiger partial charge in [-0.25, -0.2) is 4.39 Å². The van der Waals surface area contributed by atoms with Crippen LogP contribution in [0.25, 0.3) is 22.3 Å². The quantitative estimate of drug-likeness (QED) is 0.296. The average Bonchev–Trinajstić information content (AvgIpc) is 2.84. The van der Waals surface area contributed by atoms with Gasteiger partial charge in [0.1, 0.15) is 24.7 Å². The number of methoxy groups -OCH3 is 2. The Hall–Kier alpha value is -3.93. The minimum absolute atomic E-state index is 0.156. The summed E-state index contributed by atoms with van der Waals surface area (Å²) in [6.07, 6.45) is 3.84. The van der Waals surface area contributed by atoms with Gasteiger partial charge in [0.15, 0.2) is 23.1 Å². The molecular weight excluding hydrogens is 459 g/mol. The summed E-state index contributed by atoms with van der Waals surface area (Å²) in [6.45, 7) is 8.47. The maximum atomic E-state index is 15.1. The first kappa shape index (κ1) is 26.7. The Kier molecular flexibility index (Phi) is 9.01. The highest BCUT2D eigenvalue weighted by Gasteiger charge is 2.24. The van der Waals surface area contributed by atoms with Gasteiger partial charge < -0.3 is 24.1 Å². The second-order valence-electron chi connectivity index (χ2n) is 8.74. The summed E-state index contributed by atoms with van der Waals surface area (Å²) in [7, 11) is 3.11. The number of phenols is 1. The van der Waals surface area contributed by atoms with Crippen LogP contribution in [-0.4, -0.2) is 32.5 Å². The number of halogens is 1. The fourth-order valence-corrected chi connectivity index (χ4v) is 3.61. The molecule has 190 valence electrons. The first-order valence-corrected chi connectivity index (χ1v) is 11.7. The molecule has 0 fully saturated rings. The van der Waals surface area contributed by atoms with Crippen LogP contribution < -0.4 is 18.9 Å². The Morgan fingerprint density at radius 2 is 1.36 bits per heavy atom. The standard InChI is InChI=1S/C30H33FO5/c1-19(2)13-15-35-26-12-9-22(17-25(26)31)28-27(33-5)18-24(21-7-10-23(32)11-8-21)29(34-6)30(28)36-16-14-20(3)4/h7-14,17-18,32H,15-16H2,1-6H3. The van der Waals surface area contributed by atoms with Crippen molar-refractivity contribution in [3.8, 4) is 51.0 Å². The Labute approximate surface area is 212 Å². The van der Waals surface area contributed by atoms with Crippen molar-refractivity contribution >= 4 is 0 Å². The molecule has 0 aliphatic heterocycles. The van der Waals surface area contributed by atoms with Crippen molar-refractivity contribution in [2.24, 2.45) is 0 Å². The number of aromatic hydroxyl groups is 1. The van der Waals surface area contributed by atoms with E-state index in [2.05, 4.69) is 0 Å². The second-order valence-corrected chi connectivity index (χ2v) is 8.74. The first-order chi connectivity index (χ1) is 17.2. The van der Waals surface area contributed by atoms with E-state index in [1.165, 1.54) is 6.07 Å². The minimum atomic E-state index is -0.492. The van der Waals surface area contributed by atoms with E-state index in [9.17, 15) is 5.11 Å². The van der Waals surface area contributed by atoms with Gasteiger partial charge in [-0.05, 0) is 81.3 Å². The van der Waals surface area contributed by atoms with Crippen molar-refractivity contribution < 1.29 is 28.4 Å². The molecule has 3 rings (SSSR count). The summed E-state index contributed by atoms with van der Waals surface area (Å²) in [5.74, 6) is 1.22. The molecule has 0 bridgehead atoms. The summed E-state index contributed by atoms with van der Waals surface area (Å²) in [6, 6.07) is 13.4. The number of allylic oxidation sites excluding steroid dienone is 2. The van der Waals surface area contributed by atoms with E-state index in [0.29, 0.717) is 40.5 Å². The third kappa shape index (κ3) is 6.39. The Morgan fingerprint density at radius 1 is 0.750 bits per heavy atom. The lowest BCUT2D eigenvalue weighted by Gasteiger charge is -2.21. The molecule has 3 aromatic rings. The van der Waals surface area contributed by atoms with Gasteiger partial charge in [-0.15, -0.1) is 0 Å². The number of rotatable bonds is 10. The monoisotopic (exact) mass is 492 g/mol. The van der Waals surface area contributed by atoms with Crippen LogP contribution in [-0.2, 0) is 0 Å². The molecule has 0 aliphatic rings. The predicted octanol–water partition coefficient (Wildman–Crippen LogP) is 7.57. The third-order valence-electron chi connectivity index (χ3n) is 5.47. The van der Waals surface area contributed by atoms with Crippen molar-refractivity contribution in [2.45, 2.75) is 27.7 Å². The number of ether oxygens (including phenoxy) is 4. The highest BCUT2D eigenvalue weighted by Crippen LogP contribution is 2.50. The van der Waals surface area contributed by atoms with Crippen LogP contribution in [0.5, 0.6) is 28.7 Å². The maximum Gasteiger partial charge on any atom is 0.173 e. The highest BCUT2D eigenvalue weighted by atomic mass is 19.1. The normalized spacial score (nSPS) is 10.4. The molecule has 0 aromatic heterocycles. The molecule has 3 aromatic carbocycles. The van der Waals surface area contributed by atoms with Gasteiger partial charge in [-0.3, -0.25) is 0 Å². The number of phenolic OH excluding ortho intramolecular Hbond substituents is 1. The van der Waals surface area contributed by atoms with Crippen molar-refractivity contribution in [3.05, 3.63) is 77.6 Å². The minimum Gasteiger partial charge on any atom is -0.508 e. The third-order valence-corrected chi connectivity index (χ3v) is 5.47. The van der Waals surface area contributed by atoms with Crippen molar-refractivity contribution in [2.75, 3.05) is 27.4 Å². The van der Waals surface area contributed by atoms with Crippen LogP contribution in [0, 0.1) is 5.82 Å². The van der Waals surface area contributed by atoms with Gasteiger partial charge >= 0.3 is 0 Å². The van der Waals surface area contributed by atoms with E-state index in [1.807, 2.05) is 45.9 Å². The van der Waals surface area contributed by atoms with E-state index in [0.717, 1.165) is 16.7 Å². The Morgan fingerprint density at radius 3 is 1.92 bits per heavy atom. The highest BCUT2D eigenvalue weighted by molar-refractivity contribution is 5.88. The molecule has 0 heterocycles. The predicted molar refractivity (Wildman–Crippen MR) is 142 cm³/mol. The number of hydrogen-bond acceptors (Lipinski definition) is 5. The second kappa shape index (κ2) is 12.2. The fraction of sp³-hybridized carbons (Fsp3) is 0.267. The fourth-order valence-electron chi connectivity index (χ4n) is 3.61. The van der Waals surface area contributed by atoms with Crippen LogP contribution in [0.2, 0.25) is 0 Å². The van der Waals surface area contributed by atoms with Crippen molar-refractivity contribution in [3.63, 3.8) is 0 Å². The van der Waals surface area contributed by atoms with Gasteiger partial charge in [-0.1, -0.05) is 29.3 Å².